The van der Waals surface area contributed by atoms with Gasteiger partial charge >= 0.3 is 17.9 Å². The lowest BCUT2D eigenvalue weighted by Crippen LogP contribution is -2.56. The van der Waals surface area contributed by atoms with Gasteiger partial charge in [0.15, 0.2) is 0 Å². The van der Waals surface area contributed by atoms with Gasteiger partial charge in [0.25, 0.3) is 0 Å². The zero-order valence-corrected chi connectivity index (χ0v) is 10.9. The lowest BCUT2D eigenvalue weighted by atomic mass is 9.94. The first-order chi connectivity index (χ1) is 9.09. The molecule has 7 heteroatoms. The number of rotatable bonds is 4. The molecule has 0 saturated heterocycles. The predicted molar refractivity (Wildman–Crippen MR) is 63.7 cm³/mol. The van der Waals surface area contributed by atoms with Crippen molar-refractivity contribution in [3.05, 3.63) is 35.9 Å². The Morgan fingerprint density at radius 1 is 1.20 bits per heavy atom. The third kappa shape index (κ3) is 3.29. The van der Waals surface area contributed by atoms with E-state index >= 15 is 0 Å². The van der Waals surface area contributed by atoms with Crippen molar-refractivity contribution in [2.45, 2.75) is 31.9 Å². The molecule has 0 aromatic heterocycles. The van der Waals surface area contributed by atoms with E-state index < -0.39 is 30.0 Å². The summed E-state index contributed by atoms with van der Waals surface area (Å²) in [5.41, 5.74) is -0.132. The average molecular weight is 292 g/mol. The van der Waals surface area contributed by atoms with Gasteiger partial charge in [0.05, 0.1) is 17.6 Å². The summed E-state index contributed by atoms with van der Waals surface area (Å²) >= 11 is 0. The number of esters is 1. The minimum Gasteiger partial charge on any atom is -0.419 e. The third-order valence-corrected chi connectivity index (χ3v) is 3.00. The molecule has 3 atom stereocenters. The number of carbonyl (C=O) groups is 1. The van der Waals surface area contributed by atoms with Crippen LogP contribution >= 0.6 is 0 Å². The topological polar surface area (TPSA) is 66.8 Å². The van der Waals surface area contributed by atoms with Crippen molar-refractivity contribution in [1.29, 1.82) is 0 Å². The maximum Gasteiger partial charge on any atom is 0.455 e. The molecule has 0 bridgehead atoms. The maximum absolute atomic E-state index is 13.0. The Morgan fingerprint density at radius 2 is 1.70 bits per heavy atom. The molecule has 1 aromatic rings. The van der Waals surface area contributed by atoms with E-state index in [0.717, 1.165) is 13.8 Å². The van der Waals surface area contributed by atoms with Gasteiger partial charge in [-0.3, -0.25) is 0 Å². The molecule has 4 nitrogen and oxygen atoms in total. The highest BCUT2D eigenvalue weighted by Gasteiger charge is 2.62. The molecule has 2 N–H and O–H groups in total. The molecule has 1 rings (SSSR count). The van der Waals surface area contributed by atoms with Gasteiger partial charge in [-0.25, -0.2) is 4.79 Å². The first-order valence-corrected chi connectivity index (χ1v) is 5.85. The van der Waals surface area contributed by atoms with Crippen LogP contribution in [0.1, 0.15) is 24.2 Å². The maximum atomic E-state index is 13.0. The summed E-state index contributed by atoms with van der Waals surface area (Å²) < 4.78 is 43.1. The largest absolute Gasteiger partial charge is 0.455 e. The van der Waals surface area contributed by atoms with E-state index in [4.69, 9.17) is 0 Å². The first-order valence-electron chi connectivity index (χ1n) is 5.85. The quantitative estimate of drug-likeness (QED) is 0.659. The van der Waals surface area contributed by atoms with Gasteiger partial charge < -0.3 is 14.9 Å². The van der Waals surface area contributed by atoms with Crippen molar-refractivity contribution < 1.29 is 32.9 Å². The summed E-state index contributed by atoms with van der Waals surface area (Å²) in [6, 6.07) is 6.98. The fraction of sp³-hybridized carbons (Fsp3) is 0.462. The summed E-state index contributed by atoms with van der Waals surface area (Å²) in [6.45, 7) is 2.01. The van der Waals surface area contributed by atoms with E-state index in [1.54, 1.807) is 6.07 Å². The Morgan fingerprint density at radius 3 is 2.10 bits per heavy atom. The van der Waals surface area contributed by atoms with Crippen LogP contribution in [0.25, 0.3) is 0 Å². The molecule has 112 valence electrons. The number of ether oxygens (including phenoxy) is 1. The number of aliphatic hydroxyl groups is 2. The van der Waals surface area contributed by atoms with E-state index in [1.807, 2.05) is 0 Å². The van der Waals surface area contributed by atoms with E-state index in [1.165, 1.54) is 24.3 Å². The highest BCUT2D eigenvalue weighted by molar-refractivity contribution is 5.89. The zero-order chi connectivity index (χ0) is 15.6. The number of halogens is 3. The lowest BCUT2D eigenvalue weighted by molar-refractivity contribution is -0.370. The Bertz CT molecular complexity index is 458. The Labute approximate surface area is 113 Å². The smallest absolute Gasteiger partial charge is 0.419 e. The summed E-state index contributed by atoms with van der Waals surface area (Å²) in [5.74, 6) is -6.82. The van der Waals surface area contributed by atoms with Gasteiger partial charge in [-0.1, -0.05) is 25.1 Å². The summed E-state index contributed by atoms with van der Waals surface area (Å²) in [5, 5.41) is 18.9. The first kappa shape index (κ1) is 16.5. The second kappa shape index (κ2) is 5.80. The van der Waals surface area contributed by atoms with Crippen molar-refractivity contribution >= 4 is 5.97 Å². The molecule has 0 fully saturated rings. The molecular formula is C13H15F3O4. The fourth-order valence-corrected chi connectivity index (χ4v) is 1.51. The molecule has 0 aliphatic heterocycles. The molecular weight excluding hydrogens is 277 g/mol. The van der Waals surface area contributed by atoms with E-state index in [9.17, 15) is 28.2 Å². The molecule has 0 radical (unpaired) electrons. The van der Waals surface area contributed by atoms with Crippen LogP contribution in [0.3, 0.4) is 0 Å². The van der Waals surface area contributed by atoms with Crippen LogP contribution in [0.5, 0.6) is 0 Å². The molecule has 0 aliphatic carbocycles. The number of benzene rings is 1. The van der Waals surface area contributed by atoms with Gasteiger partial charge in [-0.05, 0) is 19.1 Å². The van der Waals surface area contributed by atoms with E-state index in [-0.39, 0.29) is 5.56 Å². The molecule has 0 amide bonds. The molecule has 0 spiro atoms. The molecule has 3 unspecified atom stereocenters. The van der Waals surface area contributed by atoms with Crippen LogP contribution in [0.15, 0.2) is 30.3 Å². The van der Waals surface area contributed by atoms with Crippen LogP contribution in [-0.2, 0) is 4.74 Å². The van der Waals surface area contributed by atoms with Gasteiger partial charge in [0.1, 0.15) is 0 Å². The standard InChI is InChI=1S/C13H15F3O4/c1-8(9(2)17)12(19,13(14,15)16)20-11(18)10-6-4-3-5-7-10/h3-9,17,19H,1-2H3. The predicted octanol–water partition coefficient (Wildman–Crippen LogP) is 2.11. The van der Waals surface area contributed by atoms with Crippen LogP contribution in [0, 0.1) is 5.92 Å². The normalized spacial score (nSPS) is 17.9. The highest BCUT2D eigenvalue weighted by Crippen LogP contribution is 2.39. The van der Waals surface area contributed by atoms with Crippen LogP contribution in [-0.4, -0.2) is 34.2 Å². The molecule has 1 aromatic carbocycles. The van der Waals surface area contributed by atoms with Crippen LogP contribution in [0.4, 0.5) is 13.2 Å². The van der Waals surface area contributed by atoms with Crippen molar-refractivity contribution in [1.82, 2.24) is 0 Å². The number of aliphatic hydroxyl groups excluding tert-OH is 1. The van der Waals surface area contributed by atoms with Gasteiger partial charge in [-0.2, -0.15) is 13.2 Å². The number of hydrogen-bond donors (Lipinski definition) is 2. The third-order valence-electron chi connectivity index (χ3n) is 3.00. The summed E-state index contributed by atoms with van der Waals surface area (Å²) in [6.07, 6.45) is -6.75. The van der Waals surface area contributed by atoms with Gasteiger partial charge in [-0.15, -0.1) is 0 Å². The minimum atomic E-state index is -5.23. The average Bonchev–Trinajstić information content (AvgIpc) is 2.37. The van der Waals surface area contributed by atoms with Crippen molar-refractivity contribution in [2.24, 2.45) is 5.92 Å². The van der Waals surface area contributed by atoms with Gasteiger partial charge in [0, 0.05) is 0 Å². The molecule has 20 heavy (non-hydrogen) atoms. The lowest BCUT2D eigenvalue weighted by Gasteiger charge is -2.36. The molecule has 0 heterocycles. The Kier molecular flexibility index (Phi) is 4.77. The van der Waals surface area contributed by atoms with Crippen LogP contribution < -0.4 is 0 Å². The summed E-state index contributed by atoms with van der Waals surface area (Å²) in [7, 11) is 0. The van der Waals surface area contributed by atoms with Crippen molar-refractivity contribution in [3.63, 3.8) is 0 Å². The van der Waals surface area contributed by atoms with Crippen molar-refractivity contribution in [2.75, 3.05) is 0 Å². The van der Waals surface area contributed by atoms with Crippen molar-refractivity contribution in [3.8, 4) is 0 Å². The zero-order valence-electron chi connectivity index (χ0n) is 10.9. The second-order valence-electron chi connectivity index (χ2n) is 4.48. The monoisotopic (exact) mass is 292 g/mol. The van der Waals surface area contributed by atoms with Gasteiger partial charge in [0.2, 0.25) is 0 Å². The molecule has 0 saturated carbocycles. The number of carbonyl (C=O) groups excluding carboxylic acids is 1. The number of alkyl halides is 3. The SMILES string of the molecule is CC(O)C(C)C(O)(OC(=O)c1ccccc1)C(F)(F)F. The highest BCUT2D eigenvalue weighted by atomic mass is 19.4. The Hall–Kier alpha value is -1.60. The fourth-order valence-electron chi connectivity index (χ4n) is 1.51. The van der Waals surface area contributed by atoms with E-state index in [2.05, 4.69) is 4.74 Å². The number of hydrogen-bond acceptors (Lipinski definition) is 4. The second-order valence-corrected chi connectivity index (χ2v) is 4.48. The Balaban J connectivity index is 3.06. The van der Waals surface area contributed by atoms with E-state index in [0.29, 0.717) is 0 Å². The molecule has 0 aliphatic rings. The van der Waals surface area contributed by atoms with Crippen LogP contribution in [0.2, 0.25) is 0 Å². The minimum absolute atomic E-state index is 0.132. The summed E-state index contributed by atoms with van der Waals surface area (Å²) in [4.78, 5) is 11.7.